The molecule has 0 radical (unpaired) electrons. The molecule has 1 saturated heterocycles. The maximum Gasteiger partial charge on any atom is 0.410 e. The molecular formula is C18H23ClN2O2. The van der Waals surface area contributed by atoms with Gasteiger partial charge in [-0.05, 0) is 68.7 Å². The molecule has 3 rings (SSSR count). The van der Waals surface area contributed by atoms with E-state index in [9.17, 15) is 4.79 Å². The van der Waals surface area contributed by atoms with Crippen molar-refractivity contribution in [3.63, 3.8) is 0 Å². The average Bonchev–Trinajstić information content (AvgIpc) is 2.98. The lowest BCUT2D eigenvalue weighted by molar-refractivity contribution is 0.0285. The first-order valence-corrected chi connectivity index (χ1v) is 8.42. The second-order valence-corrected chi connectivity index (χ2v) is 7.90. The van der Waals surface area contributed by atoms with E-state index in [-0.39, 0.29) is 6.09 Å². The molecule has 0 unspecified atom stereocenters. The van der Waals surface area contributed by atoms with E-state index >= 15 is 0 Å². The topological polar surface area (TPSA) is 42.4 Å². The van der Waals surface area contributed by atoms with Crippen LogP contribution in [0.1, 0.15) is 38.3 Å². The van der Waals surface area contributed by atoms with Gasteiger partial charge in [0.25, 0.3) is 0 Å². The quantitative estimate of drug-likeness (QED) is 0.718. The Morgan fingerprint density at radius 3 is 2.74 bits per heavy atom. The lowest BCUT2D eigenvalue weighted by Crippen LogP contribution is -2.35. The number of amides is 1. The fraction of sp³-hybridized carbons (Fsp3) is 0.556. The molecule has 0 saturated carbocycles. The van der Waals surface area contributed by atoms with Crippen molar-refractivity contribution < 1.29 is 9.53 Å². The standard InChI is InChI=1S/C18H23ClN2O2/c1-11-5-13(8-20-16(11)19)12-6-14-9-21(10-15(14)7-12)17(22)23-18(2,3)4/h5-6,8,14-15H,7,9-10H2,1-4H3/t14-,15+/m0/s1. The predicted molar refractivity (Wildman–Crippen MR) is 91.4 cm³/mol. The third-order valence-electron chi connectivity index (χ3n) is 4.43. The van der Waals surface area contributed by atoms with Crippen molar-refractivity contribution in [1.29, 1.82) is 0 Å². The molecule has 2 heterocycles. The molecule has 124 valence electrons. The maximum absolute atomic E-state index is 12.2. The zero-order valence-electron chi connectivity index (χ0n) is 14.1. The monoisotopic (exact) mass is 334 g/mol. The summed E-state index contributed by atoms with van der Waals surface area (Å²) in [6, 6.07) is 2.09. The zero-order valence-corrected chi connectivity index (χ0v) is 14.9. The molecule has 1 aliphatic heterocycles. The van der Waals surface area contributed by atoms with Crippen molar-refractivity contribution in [3.05, 3.63) is 34.6 Å². The number of pyridine rings is 1. The van der Waals surface area contributed by atoms with Gasteiger partial charge in [0.2, 0.25) is 0 Å². The number of nitrogens with zero attached hydrogens (tertiary/aromatic N) is 2. The van der Waals surface area contributed by atoms with Crippen LogP contribution in [0.3, 0.4) is 0 Å². The third kappa shape index (κ3) is 3.52. The normalized spacial score (nSPS) is 23.7. The van der Waals surface area contributed by atoms with Crippen molar-refractivity contribution in [3.8, 4) is 0 Å². The number of carbonyl (C=O) groups is 1. The Bertz CT molecular complexity index is 663. The van der Waals surface area contributed by atoms with Gasteiger partial charge in [-0.2, -0.15) is 0 Å². The minimum atomic E-state index is -0.442. The Hall–Kier alpha value is -1.55. The van der Waals surface area contributed by atoms with Crippen LogP contribution < -0.4 is 0 Å². The van der Waals surface area contributed by atoms with E-state index in [2.05, 4.69) is 17.1 Å². The van der Waals surface area contributed by atoms with E-state index in [0.717, 1.165) is 30.6 Å². The summed E-state index contributed by atoms with van der Waals surface area (Å²) < 4.78 is 5.47. The van der Waals surface area contributed by atoms with Gasteiger partial charge in [-0.1, -0.05) is 17.7 Å². The Balaban J connectivity index is 1.68. The van der Waals surface area contributed by atoms with Crippen LogP contribution in [0.5, 0.6) is 0 Å². The van der Waals surface area contributed by atoms with Crippen LogP contribution in [0.25, 0.3) is 5.57 Å². The fourth-order valence-electron chi connectivity index (χ4n) is 3.33. The van der Waals surface area contributed by atoms with E-state index in [4.69, 9.17) is 16.3 Å². The summed E-state index contributed by atoms with van der Waals surface area (Å²) in [7, 11) is 0. The molecule has 4 nitrogen and oxygen atoms in total. The van der Waals surface area contributed by atoms with Gasteiger partial charge >= 0.3 is 6.09 Å². The lowest BCUT2D eigenvalue weighted by atomic mass is 9.98. The predicted octanol–water partition coefficient (Wildman–Crippen LogP) is 4.31. The molecule has 1 amide bonds. The number of allylic oxidation sites excluding steroid dienone is 1. The van der Waals surface area contributed by atoms with E-state index in [1.54, 1.807) is 0 Å². The number of likely N-dealkylation sites (tertiary alicyclic amines) is 1. The van der Waals surface area contributed by atoms with Crippen LogP contribution in [0, 0.1) is 18.8 Å². The van der Waals surface area contributed by atoms with Crippen LogP contribution in [0.2, 0.25) is 5.15 Å². The molecule has 0 bridgehead atoms. The number of aryl methyl sites for hydroxylation is 1. The van der Waals surface area contributed by atoms with Gasteiger partial charge in [0.1, 0.15) is 10.8 Å². The van der Waals surface area contributed by atoms with E-state index in [0.29, 0.717) is 17.0 Å². The molecule has 5 heteroatoms. The van der Waals surface area contributed by atoms with Crippen molar-refractivity contribution >= 4 is 23.3 Å². The Morgan fingerprint density at radius 1 is 1.39 bits per heavy atom. The molecule has 1 aromatic heterocycles. The summed E-state index contributed by atoms with van der Waals surface area (Å²) in [5, 5.41) is 0.559. The summed E-state index contributed by atoms with van der Waals surface area (Å²) >= 11 is 6.00. The van der Waals surface area contributed by atoms with Crippen LogP contribution in [0.4, 0.5) is 4.79 Å². The third-order valence-corrected chi connectivity index (χ3v) is 4.82. The van der Waals surface area contributed by atoms with Gasteiger partial charge in [0.15, 0.2) is 0 Å². The Morgan fingerprint density at radius 2 is 2.13 bits per heavy atom. The highest BCUT2D eigenvalue weighted by Crippen LogP contribution is 2.41. The molecule has 1 fully saturated rings. The Kier molecular flexibility index (Phi) is 4.13. The SMILES string of the molecule is Cc1cc(C2=C[C@H]3CN(C(=O)OC(C)(C)C)C[C@H]3C2)cnc1Cl. The fourth-order valence-corrected chi connectivity index (χ4v) is 3.44. The molecule has 2 aliphatic rings. The first-order valence-electron chi connectivity index (χ1n) is 8.04. The molecule has 23 heavy (non-hydrogen) atoms. The smallest absolute Gasteiger partial charge is 0.410 e. The number of aromatic nitrogens is 1. The molecule has 0 N–H and O–H groups in total. The summed E-state index contributed by atoms with van der Waals surface area (Å²) in [5.41, 5.74) is 3.01. The van der Waals surface area contributed by atoms with Gasteiger partial charge in [0.05, 0.1) is 0 Å². The summed E-state index contributed by atoms with van der Waals surface area (Å²) in [6.45, 7) is 9.17. The summed E-state index contributed by atoms with van der Waals surface area (Å²) in [5.74, 6) is 0.891. The first-order chi connectivity index (χ1) is 10.7. The number of rotatable bonds is 1. The minimum absolute atomic E-state index is 0.203. The second-order valence-electron chi connectivity index (χ2n) is 7.54. The van der Waals surface area contributed by atoms with Crippen molar-refractivity contribution in [2.75, 3.05) is 13.1 Å². The highest BCUT2D eigenvalue weighted by Gasteiger charge is 2.39. The van der Waals surface area contributed by atoms with E-state index in [1.165, 1.54) is 5.57 Å². The van der Waals surface area contributed by atoms with Crippen LogP contribution in [0.15, 0.2) is 18.3 Å². The molecule has 2 atom stereocenters. The second kappa shape index (κ2) is 5.82. The number of hydrogen-bond donors (Lipinski definition) is 0. The largest absolute Gasteiger partial charge is 0.444 e. The van der Waals surface area contributed by atoms with Crippen LogP contribution >= 0.6 is 11.6 Å². The highest BCUT2D eigenvalue weighted by molar-refractivity contribution is 6.30. The molecule has 0 spiro atoms. The van der Waals surface area contributed by atoms with Gasteiger partial charge in [-0.15, -0.1) is 0 Å². The number of ether oxygens (including phenoxy) is 1. The van der Waals surface area contributed by atoms with Crippen LogP contribution in [-0.4, -0.2) is 34.7 Å². The van der Waals surface area contributed by atoms with Gasteiger partial charge in [-0.25, -0.2) is 9.78 Å². The number of carbonyl (C=O) groups excluding carboxylic acids is 1. The molecule has 1 aliphatic carbocycles. The van der Waals surface area contributed by atoms with Gasteiger partial charge < -0.3 is 9.64 Å². The van der Waals surface area contributed by atoms with E-state index < -0.39 is 5.60 Å². The first kappa shape index (κ1) is 16.3. The Labute approximate surface area is 142 Å². The molecule has 1 aromatic rings. The van der Waals surface area contributed by atoms with Gasteiger partial charge in [-0.3, -0.25) is 0 Å². The average molecular weight is 335 g/mol. The molecular weight excluding hydrogens is 312 g/mol. The van der Waals surface area contributed by atoms with Crippen molar-refractivity contribution in [1.82, 2.24) is 9.88 Å². The number of fused-ring (bicyclic) bond motifs is 1. The molecule has 0 aromatic carbocycles. The summed E-state index contributed by atoms with van der Waals surface area (Å²) in [4.78, 5) is 18.3. The van der Waals surface area contributed by atoms with Crippen molar-refractivity contribution in [2.45, 2.75) is 39.7 Å². The number of hydrogen-bond acceptors (Lipinski definition) is 3. The van der Waals surface area contributed by atoms with Crippen molar-refractivity contribution in [2.24, 2.45) is 11.8 Å². The zero-order chi connectivity index (χ0) is 16.8. The summed E-state index contributed by atoms with van der Waals surface area (Å²) in [6.07, 6.45) is 4.91. The van der Waals surface area contributed by atoms with Crippen LogP contribution in [-0.2, 0) is 4.74 Å². The maximum atomic E-state index is 12.2. The lowest BCUT2D eigenvalue weighted by Gasteiger charge is -2.24. The van der Waals surface area contributed by atoms with Gasteiger partial charge in [0, 0.05) is 19.3 Å². The minimum Gasteiger partial charge on any atom is -0.444 e. The number of halogens is 1. The highest BCUT2D eigenvalue weighted by atomic mass is 35.5. The van der Waals surface area contributed by atoms with E-state index in [1.807, 2.05) is 38.8 Å².